The van der Waals surface area contributed by atoms with Crippen LogP contribution in [0.25, 0.3) is 0 Å². The van der Waals surface area contributed by atoms with Crippen molar-refractivity contribution >= 4 is 11.6 Å². The first kappa shape index (κ1) is 22.4. The molecule has 0 aromatic heterocycles. The molecule has 0 saturated heterocycles. The zero-order valence-electron chi connectivity index (χ0n) is 17.5. The summed E-state index contributed by atoms with van der Waals surface area (Å²) in [5, 5.41) is 3.01. The van der Waals surface area contributed by atoms with Crippen LogP contribution in [-0.2, 0) is 23.8 Å². The van der Waals surface area contributed by atoms with Gasteiger partial charge in [-0.3, -0.25) is 4.79 Å². The molecule has 0 fully saturated rings. The zero-order chi connectivity index (χ0) is 21.6. The Morgan fingerprint density at radius 2 is 1.83 bits per heavy atom. The summed E-state index contributed by atoms with van der Waals surface area (Å²) in [5.74, 6) is 0.354. The number of rotatable bonds is 8. The molecule has 0 spiro atoms. The Bertz CT molecular complexity index is 842. The number of amides is 1. The Morgan fingerprint density at radius 3 is 2.53 bits per heavy atom. The van der Waals surface area contributed by atoms with E-state index in [1.807, 2.05) is 6.07 Å². The summed E-state index contributed by atoms with van der Waals surface area (Å²) in [6, 6.07) is 11.6. The van der Waals surface area contributed by atoms with Gasteiger partial charge < -0.3 is 5.32 Å². The molecule has 0 bridgehead atoms. The van der Waals surface area contributed by atoms with Gasteiger partial charge >= 0.3 is 6.18 Å². The van der Waals surface area contributed by atoms with Gasteiger partial charge in [0.2, 0.25) is 5.91 Å². The maximum atomic E-state index is 12.8. The lowest BCUT2D eigenvalue weighted by atomic mass is 9.79. The number of carbonyl (C=O) groups is 1. The van der Waals surface area contributed by atoms with Crippen molar-refractivity contribution in [2.24, 2.45) is 0 Å². The number of nitrogens with one attached hydrogen (secondary N) is 1. The molecule has 30 heavy (non-hydrogen) atoms. The van der Waals surface area contributed by atoms with E-state index in [-0.39, 0.29) is 5.91 Å². The SMILES string of the molecule is CCCCCCC(=O)Nc1ccc2c(c1)CCCC2Cc1ccc(C(F)(F)F)cc1. The summed E-state index contributed by atoms with van der Waals surface area (Å²) in [4.78, 5) is 12.2. The van der Waals surface area contributed by atoms with E-state index in [0.717, 1.165) is 74.8 Å². The minimum atomic E-state index is -4.30. The topological polar surface area (TPSA) is 29.1 Å². The molecule has 1 aliphatic carbocycles. The molecule has 3 rings (SSSR count). The van der Waals surface area contributed by atoms with Gasteiger partial charge in [0.25, 0.3) is 0 Å². The third-order valence-corrected chi connectivity index (χ3v) is 5.89. The van der Waals surface area contributed by atoms with Gasteiger partial charge in [0.05, 0.1) is 5.56 Å². The summed E-state index contributed by atoms with van der Waals surface area (Å²) in [6.07, 6.45) is 4.34. The fourth-order valence-corrected chi connectivity index (χ4v) is 4.25. The highest BCUT2D eigenvalue weighted by atomic mass is 19.4. The molecular weight excluding hydrogens is 387 g/mol. The van der Waals surface area contributed by atoms with Gasteiger partial charge in [-0.2, -0.15) is 13.2 Å². The number of carbonyl (C=O) groups excluding carboxylic acids is 1. The Hall–Kier alpha value is -2.30. The van der Waals surface area contributed by atoms with Crippen LogP contribution >= 0.6 is 0 Å². The molecule has 0 radical (unpaired) electrons. The van der Waals surface area contributed by atoms with E-state index < -0.39 is 11.7 Å². The van der Waals surface area contributed by atoms with E-state index in [0.29, 0.717) is 12.3 Å². The van der Waals surface area contributed by atoms with Crippen LogP contribution in [0, 0.1) is 0 Å². The van der Waals surface area contributed by atoms with Crippen molar-refractivity contribution in [1.82, 2.24) is 0 Å². The molecular formula is C25H30F3NO. The fourth-order valence-electron chi connectivity index (χ4n) is 4.25. The maximum absolute atomic E-state index is 12.8. The number of hydrogen-bond acceptors (Lipinski definition) is 1. The normalized spacial score (nSPS) is 16.2. The number of hydrogen-bond donors (Lipinski definition) is 1. The van der Waals surface area contributed by atoms with Gasteiger partial charge in [0.15, 0.2) is 0 Å². The first-order valence-electron chi connectivity index (χ1n) is 11.0. The standard InChI is InChI=1S/C25H30F3NO/c1-2-3-4-5-9-24(30)29-22-14-15-23-19(7-6-8-20(23)17-22)16-18-10-12-21(13-11-18)25(26,27)28/h10-15,17,19H,2-9,16H2,1H3,(H,29,30). The lowest BCUT2D eigenvalue weighted by molar-refractivity contribution is -0.137. The molecule has 2 aromatic rings. The molecule has 2 aromatic carbocycles. The number of halogens is 3. The lowest BCUT2D eigenvalue weighted by Crippen LogP contribution is -2.15. The van der Waals surface area contributed by atoms with E-state index in [1.54, 1.807) is 12.1 Å². The first-order valence-corrected chi connectivity index (χ1v) is 11.0. The van der Waals surface area contributed by atoms with Gasteiger partial charge in [-0.25, -0.2) is 0 Å². The number of fused-ring (bicyclic) bond motifs is 1. The number of anilines is 1. The second kappa shape index (κ2) is 10.1. The average molecular weight is 418 g/mol. The second-order valence-corrected chi connectivity index (χ2v) is 8.26. The minimum Gasteiger partial charge on any atom is -0.326 e. The first-order chi connectivity index (χ1) is 14.4. The van der Waals surface area contributed by atoms with E-state index in [2.05, 4.69) is 24.4 Å². The second-order valence-electron chi connectivity index (χ2n) is 8.26. The van der Waals surface area contributed by atoms with E-state index >= 15 is 0 Å². The number of unbranched alkanes of at least 4 members (excludes halogenated alkanes) is 3. The van der Waals surface area contributed by atoms with Gasteiger partial charge in [-0.1, -0.05) is 44.4 Å². The molecule has 1 atom stereocenters. The van der Waals surface area contributed by atoms with Crippen LogP contribution in [-0.4, -0.2) is 5.91 Å². The van der Waals surface area contributed by atoms with Crippen LogP contribution in [0.2, 0.25) is 0 Å². The van der Waals surface area contributed by atoms with Crippen molar-refractivity contribution in [3.05, 3.63) is 64.7 Å². The van der Waals surface area contributed by atoms with E-state index in [1.165, 1.54) is 11.1 Å². The Kier molecular flexibility index (Phi) is 7.57. The van der Waals surface area contributed by atoms with Gasteiger partial charge in [0.1, 0.15) is 0 Å². The van der Waals surface area contributed by atoms with Crippen molar-refractivity contribution in [2.45, 2.75) is 76.8 Å². The molecule has 162 valence electrons. The summed E-state index contributed by atoms with van der Waals surface area (Å²) in [6.45, 7) is 2.15. The molecule has 2 nitrogen and oxygen atoms in total. The molecule has 1 unspecified atom stereocenters. The lowest BCUT2D eigenvalue weighted by Gasteiger charge is -2.26. The summed E-state index contributed by atoms with van der Waals surface area (Å²) in [5.41, 5.74) is 3.64. The predicted octanol–water partition coefficient (Wildman–Crippen LogP) is 7.28. The van der Waals surface area contributed by atoms with Crippen molar-refractivity contribution in [3.63, 3.8) is 0 Å². The van der Waals surface area contributed by atoms with E-state index in [9.17, 15) is 18.0 Å². The summed E-state index contributed by atoms with van der Waals surface area (Å²) < 4.78 is 38.3. The summed E-state index contributed by atoms with van der Waals surface area (Å²) in [7, 11) is 0. The molecule has 5 heteroatoms. The van der Waals surface area contributed by atoms with Crippen LogP contribution < -0.4 is 5.32 Å². The van der Waals surface area contributed by atoms with Crippen molar-refractivity contribution in [3.8, 4) is 0 Å². The largest absolute Gasteiger partial charge is 0.416 e. The molecule has 0 saturated carbocycles. The number of aryl methyl sites for hydroxylation is 1. The fraction of sp³-hybridized carbons (Fsp3) is 0.480. The minimum absolute atomic E-state index is 0.0585. The highest BCUT2D eigenvalue weighted by Crippen LogP contribution is 2.36. The number of benzene rings is 2. The third kappa shape index (κ3) is 6.10. The van der Waals surface area contributed by atoms with Crippen LogP contribution in [0.1, 0.15) is 80.0 Å². The quantitative estimate of drug-likeness (QED) is 0.449. The monoisotopic (exact) mass is 417 g/mol. The predicted molar refractivity (Wildman–Crippen MR) is 115 cm³/mol. The van der Waals surface area contributed by atoms with Crippen molar-refractivity contribution in [2.75, 3.05) is 5.32 Å². The third-order valence-electron chi connectivity index (χ3n) is 5.89. The van der Waals surface area contributed by atoms with E-state index in [4.69, 9.17) is 0 Å². The molecule has 1 aliphatic rings. The average Bonchev–Trinajstić information content (AvgIpc) is 2.71. The van der Waals surface area contributed by atoms with Crippen LogP contribution in [0.4, 0.5) is 18.9 Å². The Balaban J connectivity index is 1.63. The number of alkyl halides is 3. The van der Waals surface area contributed by atoms with Gasteiger partial charge in [0, 0.05) is 12.1 Å². The van der Waals surface area contributed by atoms with Crippen molar-refractivity contribution < 1.29 is 18.0 Å². The highest BCUT2D eigenvalue weighted by molar-refractivity contribution is 5.90. The highest BCUT2D eigenvalue weighted by Gasteiger charge is 2.30. The van der Waals surface area contributed by atoms with Gasteiger partial charge in [-0.05, 0) is 79.0 Å². The molecule has 1 N–H and O–H groups in total. The van der Waals surface area contributed by atoms with Crippen molar-refractivity contribution in [1.29, 1.82) is 0 Å². The molecule has 1 amide bonds. The van der Waals surface area contributed by atoms with Gasteiger partial charge in [-0.15, -0.1) is 0 Å². The smallest absolute Gasteiger partial charge is 0.326 e. The Labute approximate surface area is 176 Å². The maximum Gasteiger partial charge on any atom is 0.416 e. The zero-order valence-corrected chi connectivity index (χ0v) is 17.5. The molecule has 0 aliphatic heterocycles. The Morgan fingerprint density at radius 1 is 1.07 bits per heavy atom. The molecule has 0 heterocycles. The van der Waals surface area contributed by atoms with Crippen LogP contribution in [0.5, 0.6) is 0 Å². The summed E-state index contributed by atoms with van der Waals surface area (Å²) >= 11 is 0. The van der Waals surface area contributed by atoms with Crippen LogP contribution in [0.15, 0.2) is 42.5 Å². The van der Waals surface area contributed by atoms with Crippen LogP contribution in [0.3, 0.4) is 0 Å².